The van der Waals surface area contributed by atoms with Gasteiger partial charge in [0.05, 0.1) is 6.61 Å². The van der Waals surface area contributed by atoms with E-state index in [1.165, 1.54) is 44.9 Å². The van der Waals surface area contributed by atoms with Gasteiger partial charge in [0.25, 0.3) is 8.32 Å². The Balaban J connectivity index is 3.40. The predicted octanol–water partition coefficient (Wildman–Crippen LogP) is 6.29. The van der Waals surface area contributed by atoms with E-state index >= 15 is 0 Å². The van der Waals surface area contributed by atoms with Gasteiger partial charge in [-0.15, -0.1) is 0 Å². The number of unbranched alkanes of at least 4 members (excludes halogenated alkanes) is 8. The highest BCUT2D eigenvalue weighted by atomic mass is 28.4. The Kier molecular flexibility index (Phi) is 12.8. The van der Waals surface area contributed by atoms with Crippen LogP contribution in [0.15, 0.2) is 0 Å². The fourth-order valence-electron chi connectivity index (χ4n) is 2.19. The summed E-state index contributed by atoms with van der Waals surface area (Å²) in [5, 5.41) is 0. The molecule has 0 heterocycles. The van der Waals surface area contributed by atoms with Gasteiger partial charge in [0.15, 0.2) is 0 Å². The number of hydrogen-bond donors (Lipinski definition) is 0. The number of carbonyl (C=O) groups excluding carboxylic acids is 1. The molecule has 0 radical (unpaired) electrons. The lowest BCUT2D eigenvalue weighted by molar-refractivity contribution is 0.0943. The molecule has 0 unspecified atom stereocenters. The Morgan fingerprint density at radius 1 is 0.810 bits per heavy atom. The van der Waals surface area contributed by atoms with Crippen molar-refractivity contribution in [1.82, 2.24) is 0 Å². The van der Waals surface area contributed by atoms with Crippen molar-refractivity contribution in [3.8, 4) is 0 Å². The van der Waals surface area contributed by atoms with Gasteiger partial charge < -0.3 is 9.16 Å². The molecule has 4 heteroatoms. The maximum absolute atomic E-state index is 11.6. The lowest BCUT2D eigenvalue weighted by Crippen LogP contribution is -2.35. The summed E-state index contributed by atoms with van der Waals surface area (Å²) in [6.07, 6.45) is 11.0. The zero-order chi connectivity index (χ0) is 16.0. The SMILES string of the molecule is CCCCCCCCCCCOC(=O)O[Si](C)(CC)CC. The molecule has 0 amide bonds. The van der Waals surface area contributed by atoms with Crippen molar-refractivity contribution in [2.45, 2.75) is 97.2 Å². The molecular formula is C17H36O3Si. The van der Waals surface area contributed by atoms with Crippen LogP contribution in [0.3, 0.4) is 0 Å². The minimum Gasteiger partial charge on any atom is -0.489 e. The average molecular weight is 317 g/mol. The Morgan fingerprint density at radius 2 is 1.29 bits per heavy atom. The molecule has 0 aromatic carbocycles. The summed E-state index contributed by atoms with van der Waals surface area (Å²) >= 11 is 0. The topological polar surface area (TPSA) is 35.5 Å². The average Bonchev–Trinajstić information content (AvgIpc) is 2.49. The normalized spacial score (nSPS) is 11.4. The third-order valence-corrected chi connectivity index (χ3v) is 7.94. The molecule has 0 aliphatic heterocycles. The van der Waals surface area contributed by atoms with E-state index in [9.17, 15) is 4.79 Å². The van der Waals surface area contributed by atoms with Crippen molar-refractivity contribution in [1.29, 1.82) is 0 Å². The van der Waals surface area contributed by atoms with Crippen LogP contribution >= 0.6 is 0 Å². The summed E-state index contributed by atoms with van der Waals surface area (Å²) in [6.45, 7) is 9.02. The van der Waals surface area contributed by atoms with E-state index in [1.54, 1.807) is 0 Å². The van der Waals surface area contributed by atoms with Crippen molar-refractivity contribution in [2.24, 2.45) is 0 Å². The van der Waals surface area contributed by atoms with Gasteiger partial charge in [-0.25, -0.2) is 4.79 Å². The first kappa shape index (κ1) is 20.5. The molecule has 126 valence electrons. The van der Waals surface area contributed by atoms with E-state index in [1.807, 2.05) is 0 Å². The predicted molar refractivity (Wildman–Crippen MR) is 92.2 cm³/mol. The van der Waals surface area contributed by atoms with E-state index in [0.29, 0.717) is 6.61 Å². The molecule has 0 rings (SSSR count). The molecule has 0 spiro atoms. The molecule has 3 nitrogen and oxygen atoms in total. The smallest absolute Gasteiger partial charge is 0.489 e. The van der Waals surface area contributed by atoms with Gasteiger partial charge in [-0.05, 0) is 25.1 Å². The Morgan fingerprint density at radius 3 is 1.76 bits per heavy atom. The van der Waals surface area contributed by atoms with E-state index in [-0.39, 0.29) is 0 Å². The minimum absolute atomic E-state index is 0.451. The molecule has 0 saturated carbocycles. The van der Waals surface area contributed by atoms with Crippen LogP contribution in [-0.2, 0) is 9.16 Å². The fourth-order valence-corrected chi connectivity index (χ4v) is 3.44. The van der Waals surface area contributed by atoms with Crippen LogP contribution in [0.25, 0.3) is 0 Å². The molecule has 0 saturated heterocycles. The van der Waals surface area contributed by atoms with Gasteiger partial charge in [0.2, 0.25) is 0 Å². The van der Waals surface area contributed by atoms with Gasteiger partial charge in [0.1, 0.15) is 0 Å². The van der Waals surface area contributed by atoms with E-state index < -0.39 is 14.5 Å². The van der Waals surface area contributed by atoms with Gasteiger partial charge in [-0.2, -0.15) is 0 Å². The first-order valence-corrected chi connectivity index (χ1v) is 11.8. The maximum atomic E-state index is 11.6. The van der Waals surface area contributed by atoms with Crippen molar-refractivity contribution < 1.29 is 14.0 Å². The van der Waals surface area contributed by atoms with Crippen molar-refractivity contribution in [3.63, 3.8) is 0 Å². The van der Waals surface area contributed by atoms with Crippen LogP contribution in [0.5, 0.6) is 0 Å². The van der Waals surface area contributed by atoms with E-state index in [2.05, 4.69) is 27.3 Å². The summed E-state index contributed by atoms with van der Waals surface area (Å²) in [6, 6.07) is 1.91. The lowest BCUT2D eigenvalue weighted by Gasteiger charge is -2.23. The molecule has 0 aliphatic carbocycles. The standard InChI is InChI=1S/C17H36O3Si/c1-5-8-9-10-11-12-13-14-15-16-19-17(18)20-21(4,6-2)7-3/h5-16H2,1-4H3. The monoisotopic (exact) mass is 316 g/mol. The van der Waals surface area contributed by atoms with E-state index in [0.717, 1.165) is 24.9 Å². The molecule has 0 N–H and O–H groups in total. The highest BCUT2D eigenvalue weighted by Crippen LogP contribution is 2.17. The van der Waals surface area contributed by atoms with Gasteiger partial charge in [-0.3, -0.25) is 0 Å². The van der Waals surface area contributed by atoms with Gasteiger partial charge in [0, 0.05) is 0 Å². The van der Waals surface area contributed by atoms with Crippen LogP contribution in [0.1, 0.15) is 78.6 Å². The van der Waals surface area contributed by atoms with Crippen LogP contribution in [-0.4, -0.2) is 21.1 Å². The molecule has 21 heavy (non-hydrogen) atoms. The molecule has 0 atom stereocenters. The summed E-state index contributed by atoms with van der Waals surface area (Å²) < 4.78 is 10.7. The zero-order valence-electron chi connectivity index (χ0n) is 14.7. The van der Waals surface area contributed by atoms with E-state index in [4.69, 9.17) is 9.16 Å². The Hall–Kier alpha value is -0.513. The second-order valence-electron chi connectivity index (χ2n) is 6.19. The summed E-state index contributed by atoms with van der Waals surface area (Å²) in [4.78, 5) is 11.6. The molecule has 0 aromatic heterocycles. The first-order chi connectivity index (χ1) is 10.1. The van der Waals surface area contributed by atoms with Crippen LogP contribution < -0.4 is 0 Å². The van der Waals surface area contributed by atoms with Crippen LogP contribution in [0.4, 0.5) is 4.79 Å². The Labute approximate surface area is 132 Å². The fraction of sp³-hybridized carbons (Fsp3) is 0.941. The minimum atomic E-state index is -1.83. The third-order valence-electron chi connectivity index (χ3n) is 4.29. The number of ether oxygens (including phenoxy) is 1. The molecule has 0 bridgehead atoms. The zero-order valence-corrected chi connectivity index (χ0v) is 15.7. The maximum Gasteiger partial charge on any atom is 0.494 e. The molecule has 0 fully saturated rings. The quantitative estimate of drug-likeness (QED) is 0.228. The second-order valence-corrected chi connectivity index (χ2v) is 10.7. The number of carbonyl (C=O) groups is 1. The van der Waals surface area contributed by atoms with Crippen molar-refractivity contribution in [2.75, 3.05) is 6.61 Å². The van der Waals surface area contributed by atoms with Gasteiger partial charge >= 0.3 is 6.16 Å². The lowest BCUT2D eigenvalue weighted by atomic mass is 10.1. The number of hydrogen-bond acceptors (Lipinski definition) is 3. The van der Waals surface area contributed by atoms with Crippen molar-refractivity contribution in [3.05, 3.63) is 0 Å². The van der Waals surface area contributed by atoms with Gasteiger partial charge in [-0.1, -0.05) is 72.1 Å². The second kappa shape index (κ2) is 13.2. The van der Waals surface area contributed by atoms with Crippen molar-refractivity contribution >= 4 is 14.5 Å². The first-order valence-electron chi connectivity index (χ1n) is 8.93. The number of rotatable bonds is 13. The summed E-state index contributed by atoms with van der Waals surface area (Å²) in [5.74, 6) is 0. The molecular weight excluding hydrogens is 280 g/mol. The summed E-state index contributed by atoms with van der Waals surface area (Å²) in [7, 11) is -1.83. The largest absolute Gasteiger partial charge is 0.494 e. The Bertz CT molecular complexity index is 252. The third kappa shape index (κ3) is 11.8. The highest BCUT2D eigenvalue weighted by molar-refractivity contribution is 6.73. The highest BCUT2D eigenvalue weighted by Gasteiger charge is 2.29. The van der Waals surface area contributed by atoms with Crippen LogP contribution in [0.2, 0.25) is 18.6 Å². The molecule has 0 aliphatic rings. The molecule has 0 aromatic rings. The summed E-state index contributed by atoms with van der Waals surface area (Å²) in [5.41, 5.74) is 0. The van der Waals surface area contributed by atoms with Crippen LogP contribution in [0, 0.1) is 0 Å².